The molecule has 1 heteroatoms. The number of allylic oxidation sites excluding steroid dienone is 2. The second-order valence-electron chi connectivity index (χ2n) is 6.03. The van der Waals surface area contributed by atoms with Gasteiger partial charge in [0.05, 0.1) is 0 Å². The molecule has 0 radical (unpaired) electrons. The molecule has 21 heavy (non-hydrogen) atoms. The average molecular weight is 274 g/mol. The van der Waals surface area contributed by atoms with Crippen LogP contribution in [-0.4, -0.2) is 5.78 Å². The number of hydrogen-bond donors (Lipinski definition) is 0. The van der Waals surface area contributed by atoms with Crippen molar-refractivity contribution in [2.45, 2.75) is 19.3 Å². The molecule has 2 atom stereocenters. The first kappa shape index (κ1) is 12.6. The zero-order valence-corrected chi connectivity index (χ0v) is 12.0. The van der Waals surface area contributed by atoms with E-state index in [9.17, 15) is 4.79 Å². The van der Waals surface area contributed by atoms with Crippen LogP contribution in [0.15, 0.2) is 66.2 Å². The number of carbonyl (C=O) groups excluding carboxylic acids is 1. The van der Waals surface area contributed by atoms with E-state index in [4.69, 9.17) is 0 Å². The first-order valence-electron chi connectivity index (χ1n) is 7.75. The summed E-state index contributed by atoms with van der Waals surface area (Å²) >= 11 is 0. The van der Waals surface area contributed by atoms with Gasteiger partial charge in [-0.3, -0.25) is 4.79 Å². The summed E-state index contributed by atoms with van der Waals surface area (Å²) in [5.74, 6) is 1.33. The normalized spacial score (nSPS) is 23.6. The number of benzene rings is 2. The number of ketones is 1. The Balaban J connectivity index is 1.80. The molecule has 2 aromatic rings. The van der Waals surface area contributed by atoms with E-state index in [-0.39, 0.29) is 5.78 Å². The summed E-state index contributed by atoms with van der Waals surface area (Å²) in [4.78, 5) is 12.9. The Kier molecular flexibility index (Phi) is 2.99. The molecule has 0 saturated heterocycles. The van der Waals surface area contributed by atoms with Gasteiger partial charge in [-0.05, 0) is 35.8 Å². The van der Waals surface area contributed by atoms with Crippen molar-refractivity contribution in [3.05, 3.63) is 77.4 Å². The molecule has 1 saturated carbocycles. The van der Waals surface area contributed by atoms with Crippen LogP contribution in [0.25, 0.3) is 5.57 Å². The molecule has 2 unspecified atom stereocenters. The predicted molar refractivity (Wildman–Crippen MR) is 85.0 cm³/mol. The maximum Gasteiger partial charge on any atom is 0.189 e. The first-order chi connectivity index (χ1) is 10.4. The Bertz CT molecular complexity index is 697. The van der Waals surface area contributed by atoms with Crippen LogP contribution in [-0.2, 0) is 0 Å². The highest BCUT2D eigenvalue weighted by Crippen LogP contribution is 2.56. The van der Waals surface area contributed by atoms with Gasteiger partial charge in [0.2, 0.25) is 0 Å². The fourth-order valence-corrected chi connectivity index (χ4v) is 3.98. The van der Waals surface area contributed by atoms with E-state index >= 15 is 0 Å². The monoisotopic (exact) mass is 274 g/mol. The average Bonchev–Trinajstić information content (AvgIpc) is 2.93. The molecule has 0 aromatic heterocycles. The number of hydrogen-bond acceptors (Lipinski definition) is 1. The highest BCUT2D eigenvalue weighted by atomic mass is 16.1. The van der Waals surface area contributed by atoms with Crippen molar-refractivity contribution in [3.63, 3.8) is 0 Å². The minimum Gasteiger partial charge on any atom is -0.289 e. The Morgan fingerprint density at radius 3 is 2.14 bits per heavy atom. The molecule has 0 N–H and O–H groups in total. The van der Waals surface area contributed by atoms with Crippen molar-refractivity contribution in [2.24, 2.45) is 11.8 Å². The number of rotatable bonds is 3. The Hall–Kier alpha value is -2.15. The first-order valence-corrected chi connectivity index (χ1v) is 7.75. The molecule has 104 valence electrons. The number of carbonyl (C=O) groups is 1. The summed E-state index contributed by atoms with van der Waals surface area (Å²) in [5.41, 5.74) is 4.45. The molecule has 0 aliphatic heterocycles. The zero-order chi connectivity index (χ0) is 14.2. The van der Waals surface area contributed by atoms with Crippen molar-refractivity contribution in [2.75, 3.05) is 0 Å². The molecule has 2 aliphatic rings. The third kappa shape index (κ3) is 1.96. The van der Waals surface area contributed by atoms with Gasteiger partial charge >= 0.3 is 0 Å². The third-order valence-corrected chi connectivity index (χ3v) is 4.91. The summed E-state index contributed by atoms with van der Waals surface area (Å²) in [7, 11) is 0. The fraction of sp³-hybridized carbons (Fsp3) is 0.250. The van der Waals surface area contributed by atoms with Gasteiger partial charge in [-0.1, -0.05) is 67.1 Å². The third-order valence-electron chi connectivity index (χ3n) is 4.91. The van der Waals surface area contributed by atoms with Gasteiger partial charge in [-0.2, -0.15) is 0 Å². The second kappa shape index (κ2) is 5.00. The smallest absolute Gasteiger partial charge is 0.189 e. The Morgan fingerprint density at radius 2 is 1.43 bits per heavy atom. The van der Waals surface area contributed by atoms with Crippen LogP contribution in [0.2, 0.25) is 0 Å². The highest BCUT2D eigenvalue weighted by molar-refractivity contribution is 6.16. The highest BCUT2D eigenvalue weighted by Gasteiger charge is 2.46. The van der Waals surface area contributed by atoms with Crippen LogP contribution in [0.5, 0.6) is 0 Å². The second-order valence-corrected chi connectivity index (χ2v) is 6.03. The van der Waals surface area contributed by atoms with E-state index in [1.54, 1.807) is 0 Å². The molecule has 0 amide bonds. The molecule has 1 fully saturated rings. The lowest BCUT2D eigenvalue weighted by Gasteiger charge is -2.37. The SMILES string of the molecule is O=C(C1=C(c2ccccc2)C2CCCC12)c1ccccc1. The summed E-state index contributed by atoms with van der Waals surface area (Å²) in [6.07, 6.45) is 3.66. The van der Waals surface area contributed by atoms with Gasteiger partial charge in [0.25, 0.3) is 0 Å². The molecule has 4 rings (SSSR count). The minimum absolute atomic E-state index is 0.234. The topological polar surface area (TPSA) is 17.1 Å². The van der Waals surface area contributed by atoms with Crippen LogP contribution >= 0.6 is 0 Å². The van der Waals surface area contributed by atoms with Gasteiger partial charge in [0.15, 0.2) is 5.78 Å². The van der Waals surface area contributed by atoms with Crippen LogP contribution in [0, 0.1) is 11.8 Å². The molecule has 0 heterocycles. The fourth-order valence-electron chi connectivity index (χ4n) is 3.98. The van der Waals surface area contributed by atoms with Crippen molar-refractivity contribution < 1.29 is 4.79 Å². The van der Waals surface area contributed by atoms with E-state index in [2.05, 4.69) is 24.3 Å². The van der Waals surface area contributed by atoms with Crippen molar-refractivity contribution in [1.82, 2.24) is 0 Å². The van der Waals surface area contributed by atoms with Gasteiger partial charge < -0.3 is 0 Å². The molecule has 2 aromatic carbocycles. The number of fused-ring (bicyclic) bond motifs is 1. The summed E-state index contributed by atoms with van der Waals surface area (Å²) in [6, 6.07) is 20.2. The van der Waals surface area contributed by atoms with Crippen molar-refractivity contribution >= 4 is 11.4 Å². The quantitative estimate of drug-likeness (QED) is 0.738. The Morgan fingerprint density at radius 1 is 0.810 bits per heavy atom. The van der Waals surface area contributed by atoms with E-state index in [0.29, 0.717) is 11.8 Å². The molecule has 0 spiro atoms. The standard InChI is InChI=1S/C20H18O/c21-20(15-10-5-2-6-11-15)19-17-13-7-12-16(17)18(19)14-8-3-1-4-9-14/h1-6,8-11,16-17H,7,12-13H2. The lowest BCUT2D eigenvalue weighted by molar-refractivity contribution is 0.101. The summed E-state index contributed by atoms with van der Waals surface area (Å²) in [5, 5.41) is 0. The molecule has 2 aliphatic carbocycles. The van der Waals surface area contributed by atoms with Crippen LogP contribution < -0.4 is 0 Å². The van der Waals surface area contributed by atoms with Gasteiger partial charge in [0.1, 0.15) is 0 Å². The van der Waals surface area contributed by atoms with Crippen molar-refractivity contribution in [1.29, 1.82) is 0 Å². The van der Waals surface area contributed by atoms with Gasteiger partial charge in [-0.25, -0.2) is 0 Å². The van der Waals surface area contributed by atoms with Gasteiger partial charge in [-0.15, -0.1) is 0 Å². The number of Topliss-reactive ketones (excluding diaryl/α,β-unsaturated/α-hetero) is 1. The molecular weight excluding hydrogens is 256 g/mol. The molecule has 1 nitrogen and oxygen atoms in total. The maximum atomic E-state index is 12.9. The van der Waals surface area contributed by atoms with E-state index in [1.807, 2.05) is 36.4 Å². The largest absolute Gasteiger partial charge is 0.289 e. The van der Waals surface area contributed by atoms with Crippen LogP contribution in [0.3, 0.4) is 0 Å². The lowest BCUT2D eigenvalue weighted by atomic mass is 9.65. The molecule has 0 bridgehead atoms. The van der Waals surface area contributed by atoms with Crippen LogP contribution in [0.4, 0.5) is 0 Å². The summed E-state index contributed by atoms with van der Waals surface area (Å²) < 4.78 is 0. The van der Waals surface area contributed by atoms with Gasteiger partial charge in [0, 0.05) is 11.1 Å². The lowest BCUT2D eigenvalue weighted by Crippen LogP contribution is -2.30. The zero-order valence-electron chi connectivity index (χ0n) is 12.0. The minimum atomic E-state index is 0.234. The van der Waals surface area contributed by atoms with E-state index in [1.165, 1.54) is 30.4 Å². The maximum absolute atomic E-state index is 12.9. The van der Waals surface area contributed by atoms with E-state index < -0.39 is 0 Å². The van der Waals surface area contributed by atoms with E-state index in [0.717, 1.165) is 11.1 Å². The Labute approximate surface area is 125 Å². The molecular formula is C20H18O. The predicted octanol–water partition coefficient (Wildman–Crippen LogP) is 4.75. The van der Waals surface area contributed by atoms with Crippen LogP contribution in [0.1, 0.15) is 35.2 Å². The summed E-state index contributed by atoms with van der Waals surface area (Å²) in [6.45, 7) is 0. The van der Waals surface area contributed by atoms with Crippen molar-refractivity contribution in [3.8, 4) is 0 Å².